The fourth-order valence-corrected chi connectivity index (χ4v) is 1.31. The van der Waals surface area contributed by atoms with E-state index in [9.17, 15) is 9.90 Å². The number of hydrogen-bond acceptors (Lipinski definition) is 5. The molecule has 6 nitrogen and oxygen atoms in total. The Morgan fingerprint density at radius 1 is 1.46 bits per heavy atom. The van der Waals surface area contributed by atoms with Gasteiger partial charge in [-0.1, -0.05) is 0 Å². The fraction of sp³-hybridized carbons (Fsp3) is 0.857. The quantitative estimate of drug-likeness (QED) is 0.369. The van der Waals surface area contributed by atoms with Gasteiger partial charge in [-0.15, -0.1) is 0 Å². The molecule has 0 aromatic carbocycles. The highest BCUT2D eigenvalue weighted by Crippen LogP contribution is 2.29. The Hall–Kier alpha value is -0.690. The summed E-state index contributed by atoms with van der Waals surface area (Å²) in [5.74, 6) is -0.587. The Balaban J connectivity index is 2.87. The van der Waals surface area contributed by atoms with Crippen molar-refractivity contribution in [3.63, 3.8) is 0 Å². The lowest BCUT2D eigenvalue weighted by molar-refractivity contribution is -0.173. The van der Waals surface area contributed by atoms with E-state index in [1.807, 2.05) is 0 Å². The van der Waals surface area contributed by atoms with Crippen LogP contribution in [-0.2, 0) is 9.53 Å². The lowest BCUT2D eigenvalue weighted by Gasteiger charge is -2.24. The average Bonchev–Trinajstić information content (AvgIpc) is 2.30. The molecule has 0 spiro atoms. The van der Waals surface area contributed by atoms with Crippen molar-refractivity contribution in [3.8, 4) is 0 Å². The van der Waals surface area contributed by atoms with Gasteiger partial charge in [-0.05, 0) is 6.92 Å². The standard InChI is InChI=1S/C7H13NO5/c1-7(6(12)8-2)4(10)3(9)5(11)13-7/h3-5,9-11H,1-2H3,(H,8,12)/t3-,4+,5-,7+/m1/s1. The first-order valence-electron chi connectivity index (χ1n) is 3.87. The van der Waals surface area contributed by atoms with Gasteiger partial charge in [0.15, 0.2) is 11.9 Å². The summed E-state index contributed by atoms with van der Waals surface area (Å²) in [7, 11) is 1.38. The van der Waals surface area contributed by atoms with Crippen molar-refractivity contribution >= 4 is 5.91 Å². The maximum Gasteiger partial charge on any atom is 0.254 e. The van der Waals surface area contributed by atoms with Gasteiger partial charge in [0.25, 0.3) is 5.91 Å². The molecular formula is C7H13NO5. The fourth-order valence-electron chi connectivity index (χ4n) is 1.31. The van der Waals surface area contributed by atoms with E-state index in [-0.39, 0.29) is 0 Å². The van der Waals surface area contributed by atoms with Gasteiger partial charge < -0.3 is 25.4 Å². The lowest BCUT2D eigenvalue weighted by atomic mass is 9.97. The summed E-state index contributed by atoms with van der Waals surface area (Å²) in [5.41, 5.74) is -1.59. The molecule has 0 radical (unpaired) electrons. The van der Waals surface area contributed by atoms with Crippen molar-refractivity contribution in [2.75, 3.05) is 7.05 Å². The van der Waals surface area contributed by atoms with Crippen LogP contribution in [0, 0.1) is 0 Å². The van der Waals surface area contributed by atoms with E-state index >= 15 is 0 Å². The normalized spacial score (nSPS) is 44.8. The summed E-state index contributed by atoms with van der Waals surface area (Å²) in [4.78, 5) is 11.2. The Kier molecular flexibility index (Phi) is 2.58. The second-order valence-electron chi connectivity index (χ2n) is 3.13. The maximum atomic E-state index is 11.2. The van der Waals surface area contributed by atoms with Crippen molar-refractivity contribution in [1.29, 1.82) is 0 Å². The van der Waals surface area contributed by atoms with Crippen LogP contribution in [0.15, 0.2) is 0 Å². The van der Waals surface area contributed by atoms with E-state index in [0.717, 1.165) is 0 Å². The largest absolute Gasteiger partial charge is 0.387 e. The zero-order chi connectivity index (χ0) is 10.2. The van der Waals surface area contributed by atoms with Crippen LogP contribution >= 0.6 is 0 Å². The van der Waals surface area contributed by atoms with Crippen molar-refractivity contribution in [1.82, 2.24) is 5.32 Å². The highest BCUT2D eigenvalue weighted by atomic mass is 16.7. The Bertz CT molecular complexity index is 221. The Labute approximate surface area is 75.1 Å². The molecule has 0 aliphatic carbocycles. The van der Waals surface area contributed by atoms with Gasteiger partial charge in [-0.3, -0.25) is 4.79 Å². The molecule has 1 aliphatic heterocycles. The molecule has 0 bridgehead atoms. The van der Waals surface area contributed by atoms with Crippen LogP contribution in [-0.4, -0.2) is 52.4 Å². The molecule has 1 saturated heterocycles. The predicted octanol–water partition coefficient (Wildman–Crippen LogP) is -2.44. The summed E-state index contributed by atoms with van der Waals surface area (Å²) < 4.78 is 4.77. The highest BCUT2D eigenvalue weighted by Gasteiger charge is 2.55. The minimum Gasteiger partial charge on any atom is -0.387 e. The SMILES string of the molecule is CNC(=O)[C@@]1(C)O[C@@H](O)[C@H](O)[C@@H]1O. The monoisotopic (exact) mass is 191 g/mol. The molecule has 0 aromatic rings. The Morgan fingerprint density at radius 3 is 2.31 bits per heavy atom. The average molecular weight is 191 g/mol. The van der Waals surface area contributed by atoms with Crippen LogP contribution < -0.4 is 5.32 Å². The molecule has 0 saturated carbocycles. The molecule has 1 rings (SSSR count). The molecule has 4 N–H and O–H groups in total. The number of carbonyl (C=O) groups is 1. The maximum absolute atomic E-state index is 11.2. The van der Waals surface area contributed by atoms with Crippen LogP contribution in [0.3, 0.4) is 0 Å². The minimum atomic E-state index is -1.59. The third-order valence-corrected chi connectivity index (χ3v) is 2.22. The van der Waals surface area contributed by atoms with E-state index in [1.54, 1.807) is 0 Å². The molecule has 1 fully saturated rings. The van der Waals surface area contributed by atoms with Crippen LogP contribution in [0.2, 0.25) is 0 Å². The molecule has 0 unspecified atom stereocenters. The molecule has 1 heterocycles. The predicted molar refractivity (Wildman–Crippen MR) is 41.6 cm³/mol. The summed E-state index contributed by atoms with van der Waals surface area (Å²) in [6, 6.07) is 0. The van der Waals surface area contributed by atoms with E-state index < -0.39 is 30.0 Å². The molecular weight excluding hydrogens is 178 g/mol. The summed E-state index contributed by atoms with van der Waals surface area (Å²) in [5, 5.41) is 29.8. The first kappa shape index (κ1) is 10.4. The number of nitrogens with one attached hydrogen (secondary N) is 1. The summed E-state index contributed by atoms with van der Waals surface area (Å²) >= 11 is 0. The number of rotatable bonds is 1. The van der Waals surface area contributed by atoms with Crippen LogP contribution in [0.25, 0.3) is 0 Å². The van der Waals surface area contributed by atoms with Gasteiger partial charge in [0.1, 0.15) is 12.2 Å². The van der Waals surface area contributed by atoms with Gasteiger partial charge in [0.2, 0.25) is 0 Å². The van der Waals surface area contributed by atoms with Crippen LogP contribution in [0.5, 0.6) is 0 Å². The zero-order valence-electron chi connectivity index (χ0n) is 7.39. The van der Waals surface area contributed by atoms with E-state index in [2.05, 4.69) is 5.32 Å². The number of aliphatic hydroxyl groups excluding tert-OH is 3. The second-order valence-corrected chi connectivity index (χ2v) is 3.13. The first-order chi connectivity index (χ1) is 5.93. The van der Waals surface area contributed by atoms with Gasteiger partial charge >= 0.3 is 0 Å². The third kappa shape index (κ3) is 1.42. The van der Waals surface area contributed by atoms with Crippen molar-refractivity contribution in [2.45, 2.75) is 31.0 Å². The number of amides is 1. The number of carbonyl (C=O) groups excluding carboxylic acids is 1. The number of ether oxygens (including phenoxy) is 1. The van der Waals surface area contributed by atoms with E-state index in [0.29, 0.717) is 0 Å². The molecule has 76 valence electrons. The number of hydrogen-bond donors (Lipinski definition) is 4. The van der Waals surface area contributed by atoms with E-state index in [1.165, 1.54) is 14.0 Å². The van der Waals surface area contributed by atoms with Gasteiger partial charge in [0.05, 0.1) is 0 Å². The topological polar surface area (TPSA) is 99.0 Å². The first-order valence-corrected chi connectivity index (χ1v) is 3.87. The molecule has 6 heteroatoms. The smallest absolute Gasteiger partial charge is 0.254 e. The second kappa shape index (κ2) is 3.22. The summed E-state index contributed by atoms with van der Waals surface area (Å²) in [6.45, 7) is 1.30. The van der Waals surface area contributed by atoms with E-state index in [4.69, 9.17) is 14.9 Å². The van der Waals surface area contributed by atoms with Gasteiger partial charge in [-0.25, -0.2) is 0 Å². The molecule has 1 aliphatic rings. The lowest BCUT2D eigenvalue weighted by Crippen LogP contribution is -2.51. The van der Waals surface area contributed by atoms with Gasteiger partial charge in [0, 0.05) is 7.05 Å². The van der Waals surface area contributed by atoms with Crippen molar-refractivity contribution in [2.24, 2.45) is 0 Å². The highest BCUT2D eigenvalue weighted by molar-refractivity contribution is 5.85. The molecule has 4 atom stereocenters. The summed E-state index contributed by atoms with van der Waals surface area (Å²) in [6.07, 6.45) is -4.41. The third-order valence-electron chi connectivity index (χ3n) is 2.22. The van der Waals surface area contributed by atoms with Crippen LogP contribution in [0.1, 0.15) is 6.92 Å². The molecule has 1 amide bonds. The number of likely N-dealkylation sites (N-methyl/N-ethyl adjacent to an activating group) is 1. The molecule has 0 aromatic heterocycles. The van der Waals surface area contributed by atoms with Crippen LogP contribution in [0.4, 0.5) is 0 Å². The Morgan fingerprint density at radius 2 is 2.00 bits per heavy atom. The zero-order valence-corrected chi connectivity index (χ0v) is 7.39. The minimum absolute atomic E-state index is 0.587. The molecule has 13 heavy (non-hydrogen) atoms. The number of aliphatic hydroxyl groups is 3. The van der Waals surface area contributed by atoms with Crippen molar-refractivity contribution in [3.05, 3.63) is 0 Å². The van der Waals surface area contributed by atoms with Crippen molar-refractivity contribution < 1.29 is 24.9 Å². The van der Waals surface area contributed by atoms with Gasteiger partial charge in [-0.2, -0.15) is 0 Å².